The van der Waals surface area contributed by atoms with Crippen molar-refractivity contribution in [2.24, 2.45) is 0 Å². The molecule has 1 saturated heterocycles. The summed E-state index contributed by atoms with van der Waals surface area (Å²) in [7, 11) is 2.09. The van der Waals surface area contributed by atoms with E-state index in [1.165, 1.54) is 16.8 Å². The first kappa shape index (κ1) is 17.6. The number of likely N-dealkylation sites (tertiary alicyclic amines) is 1. The predicted octanol–water partition coefficient (Wildman–Crippen LogP) is 3.13. The van der Waals surface area contributed by atoms with Gasteiger partial charge in [0.05, 0.1) is 5.52 Å². The maximum atomic E-state index is 13.4. The van der Waals surface area contributed by atoms with E-state index in [1.54, 1.807) is 12.1 Å². The number of halogens is 1. The van der Waals surface area contributed by atoms with Crippen LogP contribution in [0.1, 0.15) is 18.4 Å². The van der Waals surface area contributed by atoms with Gasteiger partial charge in [0.1, 0.15) is 11.3 Å². The Bertz CT molecular complexity index is 931. The number of carbonyl (C=O) groups excluding carboxylic acids is 1. The average Bonchev–Trinajstić information content (AvgIpc) is 3.12. The van der Waals surface area contributed by atoms with Crippen LogP contribution < -0.4 is 0 Å². The molecular weight excluding hydrogens is 345 g/mol. The highest BCUT2D eigenvalue weighted by Crippen LogP contribution is 2.21. The molecule has 27 heavy (non-hydrogen) atoms. The van der Waals surface area contributed by atoms with Crippen molar-refractivity contribution in [2.45, 2.75) is 25.4 Å². The number of amides is 1. The number of aromatic nitrogens is 3. The molecular formula is C20H22FN5O. The van der Waals surface area contributed by atoms with Gasteiger partial charge in [-0.15, -0.1) is 5.10 Å². The molecule has 0 aliphatic carbocycles. The Morgan fingerprint density at radius 2 is 1.85 bits per heavy atom. The topological polar surface area (TPSA) is 54.3 Å². The highest BCUT2D eigenvalue weighted by Gasteiger charge is 2.29. The average molecular weight is 367 g/mol. The van der Waals surface area contributed by atoms with Gasteiger partial charge in [-0.25, -0.2) is 9.18 Å². The number of hydrogen-bond donors (Lipinski definition) is 0. The third-order valence-corrected chi connectivity index (χ3v) is 5.17. The quantitative estimate of drug-likeness (QED) is 0.714. The molecule has 0 spiro atoms. The number of hydrogen-bond acceptors (Lipinski definition) is 4. The first-order valence-electron chi connectivity index (χ1n) is 9.16. The van der Waals surface area contributed by atoms with E-state index in [2.05, 4.69) is 22.3 Å². The van der Waals surface area contributed by atoms with E-state index in [0.717, 1.165) is 31.5 Å². The van der Waals surface area contributed by atoms with Crippen LogP contribution in [-0.4, -0.2) is 57.0 Å². The van der Waals surface area contributed by atoms with Gasteiger partial charge in [-0.3, -0.25) is 0 Å². The molecule has 1 amide bonds. The number of carbonyl (C=O) groups is 1. The first-order chi connectivity index (χ1) is 13.1. The molecule has 7 heteroatoms. The van der Waals surface area contributed by atoms with E-state index in [4.69, 9.17) is 0 Å². The molecule has 0 N–H and O–H groups in total. The van der Waals surface area contributed by atoms with Crippen LogP contribution in [-0.2, 0) is 6.54 Å². The number of nitrogens with zero attached hydrogens (tertiary/aromatic N) is 5. The normalized spacial score (nSPS) is 15.9. The maximum Gasteiger partial charge on any atom is 0.347 e. The van der Waals surface area contributed by atoms with Gasteiger partial charge in [0.2, 0.25) is 0 Å². The third kappa shape index (κ3) is 3.68. The number of piperidine rings is 1. The van der Waals surface area contributed by atoms with Crippen molar-refractivity contribution in [3.8, 4) is 0 Å². The van der Waals surface area contributed by atoms with Gasteiger partial charge in [0, 0.05) is 12.6 Å². The highest BCUT2D eigenvalue weighted by molar-refractivity contribution is 5.87. The summed E-state index contributed by atoms with van der Waals surface area (Å²) in [4.78, 5) is 17.5. The molecule has 0 bridgehead atoms. The molecule has 0 atom stereocenters. The van der Waals surface area contributed by atoms with E-state index in [0.29, 0.717) is 17.6 Å². The summed E-state index contributed by atoms with van der Waals surface area (Å²) in [5.41, 5.74) is 2.28. The van der Waals surface area contributed by atoms with Crippen molar-refractivity contribution < 1.29 is 9.18 Å². The summed E-state index contributed by atoms with van der Waals surface area (Å²) in [6.07, 6.45) is 1.80. The fourth-order valence-corrected chi connectivity index (χ4v) is 3.58. The van der Waals surface area contributed by atoms with Crippen molar-refractivity contribution in [1.29, 1.82) is 0 Å². The second kappa shape index (κ2) is 7.44. The van der Waals surface area contributed by atoms with E-state index >= 15 is 0 Å². The fourth-order valence-electron chi connectivity index (χ4n) is 3.58. The van der Waals surface area contributed by atoms with Crippen molar-refractivity contribution >= 4 is 17.1 Å². The first-order valence-corrected chi connectivity index (χ1v) is 9.16. The van der Waals surface area contributed by atoms with E-state index in [1.807, 2.05) is 29.2 Å². The van der Waals surface area contributed by atoms with Gasteiger partial charge in [-0.2, -0.15) is 4.68 Å². The van der Waals surface area contributed by atoms with Crippen molar-refractivity contribution in [2.75, 3.05) is 20.1 Å². The maximum absolute atomic E-state index is 13.4. The molecule has 140 valence electrons. The molecule has 2 heterocycles. The minimum absolute atomic E-state index is 0.113. The number of fused-ring (bicyclic) bond motifs is 1. The Morgan fingerprint density at radius 1 is 1.15 bits per heavy atom. The molecule has 1 fully saturated rings. The smallest absolute Gasteiger partial charge is 0.315 e. The monoisotopic (exact) mass is 367 g/mol. The Morgan fingerprint density at radius 3 is 2.59 bits per heavy atom. The molecule has 0 unspecified atom stereocenters. The van der Waals surface area contributed by atoms with Gasteiger partial charge in [-0.1, -0.05) is 29.5 Å². The van der Waals surface area contributed by atoms with Crippen LogP contribution in [0.4, 0.5) is 9.18 Å². The van der Waals surface area contributed by atoms with Crippen LogP contribution in [0.3, 0.4) is 0 Å². The van der Waals surface area contributed by atoms with Gasteiger partial charge >= 0.3 is 6.03 Å². The summed E-state index contributed by atoms with van der Waals surface area (Å²) in [6, 6.07) is 13.7. The van der Waals surface area contributed by atoms with Crippen molar-refractivity contribution in [1.82, 2.24) is 24.8 Å². The molecule has 1 aliphatic rings. The summed E-state index contributed by atoms with van der Waals surface area (Å²) in [5, 5.41) is 8.19. The summed E-state index contributed by atoms with van der Waals surface area (Å²) < 4.78 is 14.6. The summed E-state index contributed by atoms with van der Waals surface area (Å²) >= 11 is 0. The Hall–Kier alpha value is -2.80. The second-order valence-corrected chi connectivity index (χ2v) is 7.06. The van der Waals surface area contributed by atoms with Crippen LogP contribution in [0, 0.1) is 5.82 Å². The minimum Gasteiger partial charge on any atom is -0.315 e. The Labute approximate surface area is 157 Å². The fraction of sp³-hybridized carbons (Fsp3) is 0.350. The molecule has 6 nitrogen and oxygen atoms in total. The van der Waals surface area contributed by atoms with Crippen molar-refractivity contribution in [3.63, 3.8) is 0 Å². The molecule has 1 aromatic heterocycles. The van der Waals surface area contributed by atoms with Gasteiger partial charge in [-0.05, 0) is 62.8 Å². The van der Waals surface area contributed by atoms with E-state index in [9.17, 15) is 9.18 Å². The predicted molar refractivity (Wildman–Crippen MR) is 101 cm³/mol. The third-order valence-electron chi connectivity index (χ3n) is 5.17. The van der Waals surface area contributed by atoms with E-state index < -0.39 is 0 Å². The molecule has 3 aromatic rings. The largest absolute Gasteiger partial charge is 0.347 e. The van der Waals surface area contributed by atoms with Gasteiger partial charge in [0.15, 0.2) is 0 Å². The standard InChI is InChI=1S/C20H22FN5O/c1-24-12-10-17(11-13-24)25(14-15-6-8-16(21)9-7-15)20(27)26-19-5-3-2-4-18(19)22-23-26/h2-9,17H,10-14H2,1H3. The van der Waals surface area contributed by atoms with Gasteiger partial charge in [0.25, 0.3) is 0 Å². The molecule has 0 radical (unpaired) electrons. The molecule has 4 rings (SSSR count). The zero-order chi connectivity index (χ0) is 18.8. The lowest BCUT2D eigenvalue weighted by Crippen LogP contribution is -2.47. The number of rotatable bonds is 3. The zero-order valence-electron chi connectivity index (χ0n) is 15.3. The Kier molecular flexibility index (Phi) is 4.85. The van der Waals surface area contributed by atoms with Gasteiger partial charge < -0.3 is 9.80 Å². The van der Waals surface area contributed by atoms with Crippen LogP contribution >= 0.6 is 0 Å². The zero-order valence-corrected chi connectivity index (χ0v) is 15.3. The number of benzene rings is 2. The lowest BCUT2D eigenvalue weighted by molar-refractivity contribution is 0.126. The Balaban J connectivity index is 1.65. The lowest BCUT2D eigenvalue weighted by atomic mass is 10.0. The lowest BCUT2D eigenvalue weighted by Gasteiger charge is -2.37. The number of para-hydroxylation sites is 1. The summed E-state index contributed by atoms with van der Waals surface area (Å²) in [6.45, 7) is 2.30. The minimum atomic E-state index is -0.279. The van der Waals surface area contributed by atoms with Crippen LogP contribution in [0.5, 0.6) is 0 Å². The highest BCUT2D eigenvalue weighted by atomic mass is 19.1. The summed E-state index contributed by atoms with van der Waals surface area (Å²) in [5.74, 6) is -0.279. The van der Waals surface area contributed by atoms with E-state index in [-0.39, 0.29) is 17.9 Å². The van der Waals surface area contributed by atoms with Crippen molar-refractivity contribution in [3.05, 3.63) is 59.9 Å². The van der Waals surface area contributed by atoms with Crippen LogP contribution in [0.25, 0.3) is 11.0 Å². The molecule has 1 aliphatic heterocycles. The second-order valence-electron chi connectivity index (χ2n) is 7.06. The van der Waals surface area contributed by atoms with Crippen LogP contribution in [0.15, 0.2) is 48.5 Å². The SMILES string of the molecule is CN1CCC(N(Cc2ccc(F)cc2)C(=O)n2nnc3ccccc32)CC1. The molecule has 2 aromatic carbocycles. The molecule has 0 saturated carbocycles. The van der Waals surface area contributed by atoms with Crippen LogP contribution in [0.2, 0.25) is 0 Å².